The van der Waals surface area contributed by atoms with Crippen molar-refractivity contribution in [2.24, 2.45) is 5.41 Å². The molecule has 0 unspecified atom stereocenters. The number of benzene rings is 1. The first-order valence-electron chi connectivity index (χ1n) is 6.41. The highest BCUT2D eigenvalue weighted by Crippen LogP contribution is 2.28. The Bertz CT molecular complexity index is 471. The Balaban J connectivity index is 1.95. The number of nitrogens with two attached hydrogens (primary N) is 1. The lowest BCUT2D eigenvalue weighted by atomic mass is 9.82. The Morgan fingerprint density at radius 2 is 2.16 bits per heavy atom. The van der Waals surface area contributed by atoms with Gasteiger partial charge < -0.3 is 15.8 Å². The van der Waals surface area contributed by atoms with Gasteiger partial charge in [0.05, 0.1) is 10.7 Å². The fraction of sp³-hybridized carbons (Fsp3) is 0.500. The van der Waals surface area contributed by atoms with Gasteiger partial charge in [0.1, 0.15) is 0 Å². The minimum atomic E-state index is -0.115. The molecule has 0 aliphatic carbocycles. The average Bonchev–Trinajstić information content (AvgIpc) is 2.40. The van der Waals surface area contributed by atoms with E-state index < -0.39 is 0 Å². The summed E-state index contributed by atoms with van der Waals surface area (Å²) >= 11 is 5.84. The van der Waals surface area contributed by atoms with Gasteiger partial charge in [0.15, 0.2) is 0 Å². The zero-order valence-electron chi connectivity index (χ0n) is 11.0. The maximum absolute atomic E-state index is 12.1. The lowest BCUT2D eigenvalue weighted by molar-refractivity contribution is 0.0238. The smallest absolute Gasteiger partial charge is 0.251 e. The molecule has 1 aromatic carbocycles. The standard InChI is InChI=1S/C14H19ClN2O2/c1-14(4-6-19-7-5-14)9-17-13(18)10-2-3-11(15)12(16)8-10/h2-3,8H,4-7,9,16H2,1H3,(H,17,18). The van der Waals surface area contributed by atoms with Crippen molar-refractivity contribution in [1.29, 1.82) is 0 Å². The number of halogens is 1. The highest BCUT2D eigenvalue weighted by Gasteiger charge is 2.27. The quantitative estimate of drug-likeness (QED) is 0.837. The lowest BCUT2D eigenvalue weighted by Gasteiger charge is -2.33. The van der Waals surface area contributed by atoms with Crippen LogP contribution < -0.4 is 11.1 Å². The molecule has 1 aromatic rings. The maximum Gasteiger partial charge on any atom is 0.251 e. The van der Waals surface area contributed by atoms with Gasteiger partial charge in [-0.2, -0.15) is 0 Å². The monoisotopic (exact) mass is 282 g/mol. The Labute approximate surface area is 118 Å². The SMILES string of the molecule is CC1(CNC(=O)c2ccc(Cl)c(N)c2)CCOCC1. The summed E-state index contributed by atoms with van der Waals surface area (Å²) in [7, 11) is 0. The molecule has 5 heteroatoms. The molecule has 19 heavy (non-hydrogen) atoms. The van der Waals surface area contributed by atoms with E-state index >= 15 is 0 Å². The van der Waals surface area contributed by atoms with E-state index in [2.05, 4.69) is 12.2 Å². The largest absolute Gasteiger partial charge is 0.398 e. The van der Waals surface area contributed by atoms with Crippen LogP contribution in [0.3, 0.4) is 0 Å². The molecule has 4 nitrogen and oxygen atoms in total. The number of amides is 1. The van der Waals surface area contributed by atoms with E-state index in [0.29, 0.717) is 22.8 Å². The third kappa shape index (κ3) is 3.61. The molecule has 1 aliphatic heterocycles. The molecule has 3 N–H and O–H groups in total. The van der Waals surface area contributed by atoms with Crippen molar-refractivity contribution in [3.8, 4) is 0 Å². The third-order valence-corrected chi connectivity index (χ3v) is 3.98. The number of nitrogens with one attached hydrogen (secondary N) is 1. The maximum atomic E-state index is 12.1. The lowest BCUT2D eigenvalue weighted by Crippen LogP contribution is -2.39. The summed E-state index contributed by atoms with van der Waals surface area (Å²) in [5, 5.41) is 3.43. The topological polar surface area (TPSA) is 64.4 Å². The first-order chi connectivity index (χ1) is 9.00. The van der Waals surface area contributed by atoms with E-state index in [0.717, 1.165) is 26.1 Å². The van der Waals surface area contributed by atoms with Crippen LogP contribution in [-0.2, 0) is 4.74 Å². The number of nitrogen functional groups attached to an aromatic ring is 1. The summed E-state index contributed by atoms with van der Waals surface area (Å²) in [6.45, 7) is 4.35. The van der Waals surface area contributed by atoms with E-state index in [9.17, 15) is 4.79 Å². The summed E-state index contributed by atoms with van der Waals surface area (Å²) in [4.78, 5) is 12.1. The van der Waals surface area contributed by atoms with Crippen molar-refractivity contribution in [1.82, 2.24) is 5.32 Å². The molecule has 104 valence electrons. The fourth-order valence-electron chi connectivity index (χ4n) is 2.12. The summed E-state index contributed by atoms with van der Waals surface area (Å²) < 4.78 is 5.34. The van der Waals surface area contributed by atoms with Crippen LogP contribution in [0.5, 0.6) is 0 Å². The van der Waals surface area contributed by atoms with E-state index in [4.69, 9.17) is 22.1 Å². The molecule has 0 bridgehead atoms. The second kappa shape index (κ2) is 5.80. The van der Waals surface area contributed by atoms with Crippen LogP contribution in [0.4, 0.5) is 5.69 Å². The number of hydrogen-bond donors (Lipinski definition) is 2. The summed E-state index contributed by atoms with van der Waals surface area (Å²) in [6, 6.07) is 4.92. The average molecular weight is 283 g/mol. The van der Waals surface area contributed by atoms with E-state index in [1.165, 1.54) is 0 Å². The minimum absolute atomic E-state index is 0.115. The highest BCUT2D eigenvalue weighted by atomic mass is 35.5. The van der Waals surface area contributed by atoms with Crippen LogP contribution in [0.1, 0.15) is 30.1 Å². The van der Waals surface area contributed by atoms with Crippen molar-refractivity contribution in [3.63, 3.8) is 0 Å². The van der Waals surface area contributed by atoms with Gasteiger partial charge >= 0.3 is 0 Å². The van der Waals surface area contributed by atoms with Crippen LogP contribution in [0.25, 0.3) is 0 Å². The van der Waals surface area contributed by atoms with Crippen molar-refractivity contribution >= 4 is 23.2 Å². The predicted molar refractivity (Wildman–Crippen MR) is 76.4 cm³/mol. The van der Waals surface area contributed by atoms with Crippen LogP contribution >= 0.6 is 11.6 Å². The zero-order valence-corrected chi connectivity index (χ0v) is 11.8. The van der Waals surface area contributed by atoms with Crippen LogP contribution in [0.2, 0.25) is 5.02 Å². The minimum Gasteiger partial charge on any atom is -0.398 e. The van der Waals surface area contributed by atoms with Gasteiger partial charge in [0.2, 0.25) is 0 Å². The van der Waals surface area contributed by atoms with E-state index in [1.54, 1.807) is 18.2 Å². The third-order valence-electron chi connectivity index (χ3n) is 3.63. The molecule has 0 atom stereocenters. The highest BCUT2D eigenvalue weighted by molar-refractivity contribution is 6.33. The molecule has 0 radical (unpaired) electrons. The number of anilines is 1. The van der Waals surface area contributed by atoms with Crippen LogP contribution in [0.15, 0.2) is 18.2 Å². The van der Waals surface area contributed by atoms with E-state index in [-0.39, 0.29) is 11.3 Å². The molecule has 2 rings (SSSR count). The molecule has 0 saturated carbocycles. The Morgan fingerprint density at radius 3 is 2.79 bits per heavy atom. The molecule has 1 aliphatic rings. The number of carbonyl (C=O) groups is 1. The van der Waals surface area contributed by atoms with Gasteiger partial charge in [-0.1, -0.05) is 18.5 Å². The second-order valence-electron chi connectivity index (χ2n) is 5.34. The van der Waals surface area contributed by atoms with Crippen molar-refractivity contribution in [3.05, 3.63) is 28.8 Å². The van der Waals surface area contributed by atoms with Crippen molar-refractivity contribution in [2.45, 2.75) is 19.8 Å². The normalized spacial score (nSPS) is 18.0. The summed E-state index contributed by atoms with van der Waals surface area (Å²) in [5.74, 6) is -0.115. The van der Waals surface area contributed by atoms with Gasteiger partial charge in [-0.05, 0) is 36.5 Å². The molecule has 1 fully saturated rings. The molecular formula is C14H19ClN2O2. The Kier molecular flexibility index (Phi) is 4.32. The molecule has 0 spiro atoms. The van der Waals surface area contributed by atoms with Crippen LogP contribution in [-0.4, -0.2) is 25.7 Å². The number of carbonyl (C=O) groups excluding carboxylic acids is 1. The molecule has 1 saturated heterocycles. The fourth-order valence-corrected chi connectivity index (χ4v) is 2.24. The Hall–Kier alpha value is -1.26. The summed E-state index contributed by atoms with van der Waals surface area (Å²) in [5.41, 5.74) is 6.77. The molecule has 1 heterocycles. The number of hydrogen-bond acceptors (Lipinski definition) is 3. The number of rotatable bonds is 3. The molecule has 0 aromatic heterocycles. The van der Waals surface area contributed by atoms with Gasteiger partial charge in [-0.25, -0.2) is 0 Å². The molecule has 1 amide bonds. The van der Waals surface area contributed by atoms with Gasteiger partial charge in [0.25, 0.3) is 5.91 Å². The number of ether oxygens (including phenoxy) is 1. The van der Waals surface area contributed by atoms with Gasteiger partial charge in [0, 0.05) is 25.3 Å². The van der Waals surface area contributed by atoms with Gasteiger partial charge in [-0.15, -0.1) is 0 Å². The first-order valence-corrected chi connectivity index (χ1v) is 6.79. The second-order valence-corrected chi connectivity index (χ2v) is 5.75. The molecular weight excluding hydrogens is 264 g/mol. The van der Waals surface area contributed by atoms with Gasteiger partial charge in [-0.3, -0.25) is 4.79 Å². The van der Waals surface area contributed by atoms with Crippen LogP contribution in [0, 0.1) is 5.41 Å². The first kappa shape index (κ1) is 14.2. The van der Waals surface area contributed by atoms with Crippen molar-refractivity contribution < 1.29 is 9.53 Å². The summed E-state index contributed by atoms with van der Waals surface area (Å²) in [6.07, 6.45) is 1.94. The van der Waals surface area contributed by atoms with E-state index in [1.807, 2.05) is 0 Å². The Morgan fingerprint density at radius 1 is 1.47 bits per heavy atom. The van der Waals surface area contributed by atoms with Crippen molar-refractivity contribution in [2.75, 3.05) is 25.5 Å². The zero-order chi connectivity index (χ0) is 13.9. The predicted octanol–water partition coefficient (Wildman–Crippen LogP) is 2.47.